The molecule has 2 rings (SSSR count). The first-order valence-electron chi connectivity index (χ1n) is 7.38. The van der Waals surface area contributed by atoms with Crippen molar-refractivity contribution in [3.05, 3.63) is 33.8 Å². The number of carbonyl (C=O) groups is 1. The predicted octanol–water partition coefficient (Wildman–Crippen LogP) is 1.58. The molecule has 0 atom stereocenters. The molecular formula is C15H23BrN4O. The van der Waals surface area contributed by atoms with Crippen LogP contribution in [0.15, 0.2) is 22.7 Å². The number of nitrogen functional groups attached to an aromatic ring is 1. The van der Waals surface area contributed by atoms with E-state index in [0.717, 1.165) is 37.2 Å². The van der Waals surface area contributed by atoms with E-state index in [0.29, 0.717) is 5.56 Å². The van der Waals surface area contributed by atoms with Gasteiger partial charge in [0.1, 0.15) is 0 Å². The van der Waals surface area contributed by atoms with Gasteiger partial charge in [0, 0.05) is 42.8 Å². The van der Waals surface area contributed by atoms with Crippen molar-refractivity contribution in [1.82, 2.24) is 15.2 Å². The number of benzene rings is 1. The lowest BCUT2D eigenvalue weighted by Crippen LogP contribution is -2.46. The first-order chi connectivity index (χ1) is 10.1. The standard InChI is InChI=1S/C15H23BrN4O/c1-2-5-19-6-8-20(9-7-19)11-13-4-3-12(10-14(13)16)15(21)18-17/h3-4,10H,2,5-9,11,17H2,1H3,(H,18,21). The topological polar surface area (TPSA) is 61.6 Å². The fourth-order valence-corrected chi connectivity index (χ4v) is 3.13. The molecule has 1 aliphatic rings. The molecule has 1 aromatic rings. The van der Waals surface area contributed by atoms with Crippen LogP contribution < -0.4 is 11.3 Å². The molecule has 116 valence electrons. The number of rotatable bonds is 5. The lowest BCUT2D eigenvalue weighted by molar-refractivity contribution is 0.0953. The molecule has 1 aliphatic heterocycles. The first-order valence-corrected chi connectivity index (χ1v) is 8.17. The van der Waals surface area contributed by atoms with E-state index in [1.165, 1.54) is 18.5 Å². The van der Waals surface area contributed by atoms with Crippen LogP contribution in [0.1, 0.15) is 29.3 Å². The van der Waals surface area contributed by atoms with Gasteiger partial charge in [-0.15, -0.1) is 0 Å². The maximum Gasteiger partial charge on any atom is 0.265 e. The average molecular weight is 355 g/mol. The van der Waals surface area contributed by atoms with Crippen LogP contribution in [0.5, 0.6) is 0 Å². The summed E-state index contributed by atoms with van der Waals surface area (Å²) in [5.74, 6) is 4.88. The number of hydrazine groups is 1. The Kier molecular flexibility index (Phi) is 6.17. The van der Waals surface area contributed by atoms with Crippen molar-refractivity contribution in [2.45, 2.75) is 19.9 Å². The van der Waals surface area contributed by atoms with Crippen LogP contribution in [0.4, 0.5) is 0 Å². The van der Waals surface area contributed by atoms with Crippen molar-refractivity contribution in [2.75, 3.05) is 32.7 Å². The SMILES string of the molecule is CCCN1CCN(Cc2ccc(C(=O)NN)cc2Br)CC1. The summed E-state index contributed by atoms with van der Waals surface area (Å²) < 4.78 is 0.958. The van der Waals surface area contributed by atoms with Crippen molar-refractivity contribution in [3.63, 3.8) is 0 Å². The number of nitrogens with zero attached hydrogens (tertiary/aromatic N) is 2. The van der Waals surface area contributed by atoms with Gasteiger partial charge in [0.15, 0.2) is 0 Å². The molecule has 0 aliphatic carbocycles. The van der Waals surface area contributed by atoms with E-state index in [4.69, 9.17) is 5.84 Å². The molecule has 5 nitrogen and oxygen atoms in total. The first kappa shape index (κ1) is 16.4. The Bertz CT molecular complexity index is 487. The van der Waals surface area contributed by atoms with Crippen LogP contribution >= 0.6 is 15.9 Å². The van der Waals surface area contributed by atoms with E-state index in [1.807, 2.05) is 18.2 Å². The number of halogens is 1. The molecular weight excluding hydrogens is 332 g/mol. The largest absolute Gasteiger partial charge is 0.301 e. The molecule has 0 bridgehead atoms. The Balaban J connectivity index is 1.93. The van der Waals surface area contributed by atoms with Crippen molar-refractivity contribution in [3.8, 4) is 0 Å². The summed E-state index contributed by atoms with van der Waals surface area (Å²) in [6, 6.07) is 5.63. The third-order valence-corrected chi connectivity index (χ3v) is 4.58. The summed E-state index contributed by atoms with van der Waals surface area (Å²) in [6.45, 7) is 8.79. The highest BCUT2D eigenvalue weighted by Gasteiger charge is 2.17. The quantitative estimate of drug-likeness (QED) is 0.478. The van der Waals surface area contributed by atoms with Gasteiger partial charge in [-0.3, -0.25) is 15.1 Å². The zero-order chi connectivity index (χ0) is 15.2. The summed E-state index contributed by atoms with van der Waals surface area (Å²) in [5.41, 5.74) is 3.92. The van der Waals surface area contributed by atoms with Crippen LogP contribution in [-0.2, 0) is 6.54 Å². The minimum atomic E-state index is -0.268. The van der Waals surface area contributed by atoms with Gasteiger partial charge in [0.25, 0.3) is 5.91 Å². The molecule has 0 spiro atoms. The number of nitrogens with two attached hydrogens (primary N) is 1. The molecule has 0 radical (unpaired) electrons. The second-order valence-electron chi connectivity index (χ2n) is 5.40. The summed E-state index contributed by atoms with van der Waals surface area (Å²) in [7, 11) is 0. The molecule has 1 heterocycles. The summed E-state index contributed by atoms with van der Waals surface area (Å²) >= 11 is 3.55. The van der Waals surface area contributed by atoms with Crippen molar-refractivity contribution in [1.29, 1.82) is 0 Å². The van der Waals surface area contributed by atoms with Gasteiger partial charge < -0.3 is 4.90 Å². The number of carbonyl (C=O) groups excluding carboxylic acids is 1. The summed E-state index contributed by atoms with van der Waals surface area (Å²) in [5, 5.41) is 0. The van der Waals surface area contributed by atoms with Crippen LogP contribution in [0, 0.1) is 0 Å². The molecule has 0 unspecified atom stereocenters. The van der Waals surface area contributed by atoms with Gasteiger partial charge in [-0.05, 0) is 30.7 Å². The van der Waals surface area contributed by atoms with Gasteiger partial charge in [0.05, 0.1) is 0 Å². The molecule has 1 saturated heterocycles. The maximum atomic E-state index is 11.5. The number of hydrogen-bond donors (Lipinski definition) is 2. The Labute approximate surface area is 134 Å². The average Bonchev–Trinajstić information content (AvgIpc) is 2.50. The number of nitrogens with one attached hydrogen (secondary N) is 1. The highest BCUT2D eigenvalue weighted by atomic mass is 79.9. The van der Waals surface area contributed by atoms with Crippen LogP contribution in [0.25, 0.3) is 0 Å². The Hall–Kier alpha value is -0.950. The van der Waals surface area contributed by atoms with E-state index in [-0.39, 0.29) is 5.91 Å². The third kappa shape index (κ3) is 4.51. The second-order valence-corrected chi connectivity index (χ2v) is 6.25. The fourth-order valence-electron chi connectivity index (χ4n) is 2.63. The monoisotopic (exact) mass is 354 g/mol. The Morgan fingerprint density at radius 3 is 2.52 bits per heavy atom. The molecule has 6 heteroatoms. The molecule has 3 N–H and O–H groups in total. The molecule has 0 aromatic heterocycles. The lowest BCUT2D eigenvalue weighted by Gasteiger charge is -2.34. The number of hydrogen-bond acceptors (Lipinski definition) is 4. The van der Waals surface area contributed by atoms with Crippen molar-refractivity contribution >= 4 is 21.8 Å². The predicted molar refractivity (Wildman–Crippen MR) is 87.8 cm³/mol. The summed E-state index contributed by atoms with van der Waals surface area (Å²) in [6.07, 6.45) is 1.22. The maximum absolute atomic E-state index is 11.5. The molecule has 0 saturated carbocycles. The van der Waals surface area contributed by atoms with E-state index in [9.17, 15) is 4.79 Å². The summed E-state index contributed by atoms with van der Waals surface area (Å²) in [4.78, 5) is 16.5. The molecule has 1 amide bonds. The number of amides is 1. The Morgan fingerprint density at radius 2 is 1.95 bits per heavy atom. The van der Waals surface area contributed by atoms with Crippen LogP contribution in [0.3, 0.4) is 0 Å². The van der Waals surface area contributed by atoms with E-state index in [1.54, 1.807) is 0 Å². The normalized spacial score (nSPS) is 16.9. The minimum absolute atomic E-state index is 0.268. The smallest absolute Gasteiger partial charge is 0.265 e. The van der Waals surface area contributed by atoms with Crippen molar-refractivity contribution < 1.29 is 4.79 Å². The van der Waals surface area contributed by atoms with Gasteiger partial charge >= 0.3 is 0 Å². The Morgan fingerprint density at radius 1 is 1.29 bits per heavy atom. The third-order valence-electron chi connectivity index (χ3n) is 3.85. The number of piperazine rings is 1. The molecule has 21 heavy (non-hydrogen) atoms. The van der Waals surface area contributed by atoms with Crippen LogP contribution in [-0.4, -0.2) is 48.4 Å². The fraction of sp³-hybridized carbons (Fsp3) is 0.533. The van der Waals surface area contributed by atoms with Gasteiger partial charge in [-0.25, -0.2) is 5.84 Å². The van der Waals surface area contributed by atoms with E-state index < -0.39 is 0 Å². The zero-order valence-electron chi connectivity index (χ0n) is 12.4. The highest BCUT2D eigenvalue weighted by Crippen LogP contribution is 2.21. The second kappa shape index (κ2) is 7.89. The van der Waals surface area contributed by atoms with E-state index in [2.05, 4.69) is 38.1 Å². The van der Waals surface area contributed by atoms with Gasteiger partial charge in [0.2, 0.25) is 0 Å². The molecule has 1 aromatic carbocycles. The van der Waals surface area contributed by atoms with Gasteiger partial charge in [-0.1, -0.05) is 28.9 Å². The minimum Gasteiger partial charge on any atom is -0.301 e. The van der Waals surface area contributed by atoms with E-state index >= 15 is 0 Å². The van der Waals surface area contributed by atoms with Gasteiger partial charge in [-0.2, -0.15) is 0 Å². The highest BCUT2D eigenvalue weighted by molar-refractivity contribution is 9.10. The molecule has 1 fully saturated rings. The lowest BCUT2D eigenvalue weighted by atomic mass is 10.1. The van der Waals surface area contributed by atoms with Crippen molar-refractivity contribution in [2.24, 2.45) is 5.84 Å². The van der Waals surface area contributed by atoms with Crippen LogP contribution in [0.2, 0.25) is 0 Å². The zero-order valence-corrected chi connectivity index (χ0v) is 14.0.